The van der Waals surface area contributed by atoms with E-state index < -0.39 is 33.7 Å². The lowest BCUT2D eigenvalue weighted by atomic mass is 9.86. The Hall–Kier alpha value is -2.56. The molecule has 0 aliphatic heterocycles. The summed E-state index contributed by atoms with van der Waals surface area (Å²) in [4.78, 5) is 36.2. The number of sulfonamides is 1. The molecular formula is C26H32ClN3O5S2. The lowest BCUT2D eigenvalue weighted by Crippen LogP contribution is -2.43. The van der Waals surface area contributed by atoms with Crippen molar-refractivity contribution in [2.75, 3.05) is 6.54 Å². The maximum absolute atomic E-state index is 12.8. The molecule has 11 heteroatoms. The van der Waals surface area contributed by atoms with Gasteiger partial charge in [0, 0.05) is 34.9 Å². The molecule has 37 heavy (non-hydrogen) atoms. The molecule has 0 radical (unpaired) electrons. The number of carbonyl (C=O) groups excluding carboxylic acids is 3. The summed E-state index contributed by atoms with van der Waals surface area (Å²) in [6.07, 6.45) is 5.77. The molecule has 1 fully saturated rings. The van der Waals surface area contributed by atoms with E-state index >= 15 is 0 Å². The molecular weight excluding hydrogens is 534 g/mol. The second-order valence-corrected chi connectivity index (χ2v) is 12.1. The zero-order chi connectivity index (χ0) is 27.2. The third kappa shape index (κ3) is 7.72. The number of nitrogens with one attached hydrogen (secondary N) is 2. The molecule has 1 aliphatic carbocycles. The molecule has 1 unspecified atom stereocenters. The topological polar surface area (TPSA) is 135 Å². The van der Waals surface area contributed by atoms with E-state index in [1.54, 1.807) is 36.4 Å². The molecule has 0 spiro atoms. The first kappa shape index (κ1) is 29.0. The first-order chi connectivity index (χ1) is 17.5. The van der Waals surface area contributed by atoms with Crippen molar-refractivity contribution in [2.45, 2.75) is 55.6 Å². The van der Waals surface area contributed by atoms with Crippen LogP contribution in [0.1, 0.15) is 44.6 Å². The van der Waals surface area contributed by atoms with Gasteiger partial charge in [-0.25, -0.2) is 13.1 Å². The fourth-order valence-corrected chi connectivity index (χ4v) is 6.55. The molecule has 2 atom stereocenters. The quantitative estimate of drug-likeness (QED) is 0.258. The fraction of sp³-hybridized carbons (Fsp3) is 0.423. The average Bonchev–Trinajstić information content (AvgIpc) is 2.85. The fourth-order valence-electron chi connectivity index (χ4n) is 4.64. The van der Waals surface area contributed by atoms with Crippen LogP contribution in [0, 0.1) is 11.8 Å². The molecule has 8 nitrogen and oxygen atoms in total. The smallest absolute Gasteiger partial charge is 0.264 e. The van der Waals surface area contributed by atoms with Gasteiger partial charge in [-0.3, -0.25) is 14.4 Å². The Balaban J connectivity index is 1.76. The molecule has 0 saturated heterocycles. The molecule has 0 heterocycles. The number of rotatable bonds is 10. The predicted octanol–water partition coefficient (Wildman–Crippen LogP) is 3.47. The Bertz CT molecular complexity index is 1260. The van der Waals surface area contributed by atoms with Crippen LogP contribution in [0.5, 0.6) is 0 Å². The molecule has 3 amide bonds. The van der Waals surface area contributed by atoms with Gasteiger partial charge in [-0.2, -0.15) is 12.6 Å². The highest BCUT2D eigenvalue weighted by atomic mass is 35.5. The highest BCUT2D eigenvalue weighted by Gasteiger charge is 2.28. The lowest BCUT2D eigenvalue weighted by Gasteiger charge is -2.27. The van der Waals surface area contributed by atoms with E-state index in [9.17, 15) is 22.8 Å². The van der Waals surface area contributed by atoms with E-state index in [1.165, 1.54) is 25.3 Å². The average molecular weight is 566 g/mol. The van der Waals surface area contributed by atoms with Gasteiger partial charge in [-0.15, -0.1) is 0 Å². The summed E-state index contributed by atoms with van der Waals surface area (Å²) < 4.78 is 27.2. The molecule has 2 aromatic carbocycles. The number of hydrogen-bond acceptors (Lipinski definition) is 6. The Morgan fingerprint density at radius 3 is 2.38 bits per heavy atom. The number of thiol groups is 1. The monoisotopic (exact) mass is 565 g/mol. The zero-order valence-corrected chi connectivity index (χ0v) is 23.0. The number of benzene rings is 2. The third-order valence-corrected chi connectivity index (χ3v) is 8.97. The normalized spacial score (nSPS) is 16.0. The second kappa shape index (κ2) is 12.8. The molecule has 3 rings (SSSR count). The molecule has 0 aromatic heterocycles. The van der Waals surface area contributed by atoms with Crippen LogP contribution in [-0.4, -0.2) is 37.9 Å². The maximum atomic E-state index is 12.8. The van der Waals surface area contributed by atoms with Gasteiger partial charge in [0.05, 0.1) is 4.90 Å². The Labute approximate surface area is 228 Å². The Morgan fingerprint density at radius 2 is 1.76 bits per heavy atom. The summed E-state index contributed by atoms with van der Waals surface area (Å²) in [5.74, 6) is -2.59. The van der Waals surface area contributed by atoms with Crippen LogP contribution in [0.25, 0.3) is 11.1 Å². The molecule has 1 aliphatic rings. The summed E-state index contributed by atoms with van der Waals surface area (Å²) in [5.41, 5.74) is 6.86. The van der Waals surface area contributed by atoms with Crippen molar-refractivity contribution in [3.05, 3.63) is 53.1 Å². The van der Waals surface area contributed by atoms with Gasteiger partial charge in [0.2, 0.25) is 17.7 Å². The minimum Gasteiger partial charge on any atom is -0.369 e. The van der Waals surface area contributed by atoms with Crippen LogP contribution in [0.2, 0.25) is 5.02 Å². The number of hydrogen-bond donors (Lipinski definition) is 4. The molecule has 2 aromatic rings. The van der Waals surface area contributed by atoms with Crippen LogP contribution in [0.4, 0.5) is 0 Å². The summed E-state index contributed by atoms with van der Waals surface area (Å²) in [6.45, 7) is 1.47. The second-order valence-electron chi connectivity index (χ2n) is 9.34. The van der Waals surface area contributed by atoms with Gasteiger partial charge in [-0.1, -0.05) is 61.2 Å². The van der Waals surface area contributed by atoms with E-state index in [1.807, 2.05) is 4.72 Å². The van der Waals surface area contributed by atoms with E-state index in [4.69, 9.17) is 17.3 Å². The Kier molecular flexibility index (Phi) is 10.0. The van der Waals surface area contributed by atoms with Crippen molar-refractivity contribution in [2.24, 2.45) is 17.6 Å². The third-order valence-electron chi connectivity index (χ3n) is 6.56. The van der Waals surface area contributed by atoms with Crippen LogP contribution < -0.4 is 15.8 Å². The van der Waals surface area contributed by atoms with Gasteiger partial charge in [0.1, 0.15) is 5.92 Å². The van der Waals surface area contributed by atoms with Crippen molar-refractivity contribution in [1.82, 2.24) is 10.0 Å². The standard InChI is InChI=1S/C26H32ClN3O5S2/c1-16(31)30-37(34,35)24-10-6-5-9-20(24)19-12-11-17(14-22(19)27)13-21(25(28)32)26(33)29-15-23(36)18-7-3-2-4-8-18/h5-6,9-12,14,18,21,23,36H,2-4,7-8,13,15H2,1H3,(H2,28,32)(H,29,33)(H,30,31)/t21?,23-/m1/s1. The van der Waals surface area contributed by atoms with Crippen molar-refractivity contribution in [3.8, 4) is 11.1 Å². The van der Waals surface area contributed by atoms with E-state index in [0.717, 1.165) is 19.8 Å². The van der Waals surface area contributed by atoms with Crippen molar-refractivity contribution < 1.29 is 22.8 Å². The number of primary amides is 1. The summed E-state index contributed by atoms with van der Waals surface area (Å²) in [7, 11) is -4.11. The largest absolute Gasteiger partial charge is 0.369 e. The SMILES string of the molecule is CC(=O)NS(=O)(=O)c1ccccc1-c1ccc(CC(C(N)=O)C(=O)NC[C@@H](S)C2CCCCC2)cc1Cl. The number of carbonyl (C=O) groups is 3. The van der Waals surface area contributed by atoms with Crippen LogP contribution in [0.3, 0.4) is 0 Å². The molecule has 4 N–H and O–H groups in total. The van der Waals surface area contributed by atoms with E-state index in [-0.39, 0.29) is 21.6 Å². The van der Waals surface area contributed by atoms with Gasteiger partial charge < -0.3 is 11.1 Å². The number of amides is 3. The van der Waals surface area contributed by atoms with Crippen LogP contribution >= 0.6 is 24.2 Å². The minimum atomic E-state index is -4.11. The number of halogens is 1. The highest BCUT2D eigenvalue weighted by molar-refractivity contribution is 7.90. The van der Waals surface area contributed by atoms with Gasteiger partial charge in [0.15, 0.2) is 0 Å². The first-order valence-corrected chi connectivity index (χ1v) is 14.5. The van der Waals surface area contributed by atoms with E-state index in [0.29, 0.717) is 29.2 Å². The maximum Gasteiger partial charge on any atom is 0.264 e. The first-order valence-electron chi connectivity index (χ1n) is 12.2. The van der Waals surface area contributed by atoms with Gasteiger partial charge in [-0.05, 0) is 42.9 Å². The predicted molar refractivity (Wildman–Crippen MR) is 147 cm³/mol. The minimum absolute atomic E-state index is 0.0142. The zero-order valence-electron chi connectivity index (χ0n) is 20.6. The highest BCUT2D eigenvalue weighted by Crippen LogP contribution is 2.34. The molecule has 200 valence electrons. The lowest BCUT2D eigenvalue weighted by molar-refractivity contribution is -0.133. The molecule has 0 bridgehead atoms. The van der Waals surface area contributed by atoms with Crippen LogP contribution in [0.15, 0.2) is 47.4 Å². The van der Waals surface area contributed by atoms with Crippen molar-refractivity contribution in [1.29, 1.82) is 0 Å². The van der Waals surface area contributed by atoms with Crippen LogP contribution in [-0.2, 0) is 30.8 Å². The van der Waals surface area contributed by atoms with Gasteiger partial charge >= 0.3 is 0 Å². The number of nitrogens with two attached hydrogens (primary N) is 1. The van der Waals surface area contributed by atoms with Gasteiger partial charge in [0.25, 0.3) is 10.0 Å². The van der Waals surface area contributed by atoms with Crippen molar-refractivity contribution >= 4 is 52.0 Å². The molecule has 1 saturated carbocycles. The summed E-state index contributed by atoms with van der Waals surface area (Å²) in [5, 5.41) is 3.06. The Morgan fingerprint density at radius 1 is 1.08 bits per heavy atom. The summed E-state index contributed by atoms with van der Waals surface area (Å²) in [6, 6.07) is 11.0. The van der Waals surface area contributed by atoms with Crippen molar-refractivity contribution in [3.63, 3.8) is 0 Å². The summed E-state index contributed by atoms with van der Waals surface area (Å²) >= 11 is 11.2. The van der Waals surface area contributed by atoms with E-state index in [2.05, 4.69) is 17.9 Å².